The maximum Gasteiger partial charge on any atom is 1.00 e. The maximum absolute atomic E-state index is 10.8. The van der Waals surface area contributed by atoms with Crippen molar-refractivity contribution in [3.05, 3.63) is 36.5 Å². The predicted octanol–water partition coefficient (Wildman–Crippen LogP) is -3.43. The molecule has 0 atom stereocenters. The van der Waals surface area contributed by atoms with E-state index >= 15 is 0 Å². The average molecular weight is 230 g/mol. The fourth-order valence-corrected chi connectivity index (χ4v) is 0.795. The number of carbonyl (C=O) groups is 2. The molecule has 0 saturated carbocycles. The SMILES string of the molecule is C=CC(=O)Nc1cccc(C(=O)[O-])n1.[K+]. The normalized spacial score (nSPS) is 8.53. The second kappa shape index (κ2) is 6.86. The number of carbonyl (C=O) groups excluding carboxylic acids is 2. The molecule has 0 spiro atoms. The first kappa shape index (κ1) is 14.5. The van der Waals surface area contributed by atoms with Crippen molar-refractivity contribution in [3.8, 4) is 0 Å². The minimum absolute atomic E-state index is 0. The van der Waals surface area contributed by atoms with Crippen molar-refractivity contribution in [2.24, 2.45) is 0 Å². The predicted molar refractivity (Wildman–Crippen MR) is 47.4 cm³/mol. The largest absolute Gasteiger partial charge is 1.00 e. The van der Waals surface area contributed by atoms with Crippen molar-refractivity contribution in [1.29, 1.82) is 0 Å². The summed E-state index contributed by atoms with van der Waals surface area (Å²) in [5.41, 5.74) is -0.230. The van der Waals surface area contributed by atoms with Gasteiger partial charge in [-0.1, -0.05) is 12.6 Å². The average Bonchev–Trinajstić information content (AvgIpc) is 2.18. The van der Waals surface area contributed by atoms with Gasteiger partial charge in [0.15, 0.2) is 0 Å². The third kappa shape index (κ3) is 4.67. The summed E-state index contributed by atoms with van der Waals surface area (Å²) in [6, 6.07) is 4.20. The van der Waals surface area contributed by atoms with E-state index in [4.69, 9.17) is 0 Å². The summed E-state index contributed by atoms with van der Waals surface area (Å²) < 4.78 is 0. The van der Waals surface area contributed by atoms with Crippen molar-refractivity contribution in [1.82, 2.24) is 4.98 Å². The first-order chi connectivity index (χ1) is 6.63. The number of nitrogens with zero attached hydrogens (tertiary/aromatic N) is 1. The maximum atomic E-state index is 10.8. The van der Waals surface area contributed by atoms with Crippen molar-refractivity contribution < 1.29 is 66.1 Å². The van der Waals surface area contributed by atoms with E-state index in [0.29, 0.717) is 0 Å². The summed E-state index contributed by atoms with van der Waals surface area (Å²) in [5.74, 6) is -1.69. The molecule has 5 nitrogen and oxygen atoms in total. The van der Waals surface area contributed by atoms with Crippen molar-refractivity contribution >= 4 is 17.7 Å². The van der Waals surface area contributed by atoms with Gasteiger partial charge >= 0.3 is 51.4 Å². The molecule has 15 heavy (non-hydrogen) atoms. The molecule has 0 saturated heterocycles. The number of nitrogens with one attached hydrogen (secondary N) is 1. The van der Waals surface area contributed by atoms with Crippen LogP contribution in [0.3, 0.4) is 0 Å². The number of aromatic carboxylic acids is 1. The molecule has 0 aliphatic rings. The van der Waals surface area contributed by atoms with Crippen LogP contribution >= 0.6 is 0 Å². The Morgan fingerprint density at radius 1 is 1.47 bits per heavy atom. The van der Waals surface area contributed by atoms with E-state index in [1.54, 1.807) is 0 Å². The standard InChI is InChI=1S/C9H8N2O3.K/c1-2-8(12)11-7-5-3-4-6(10-7)9(13)14;/h2-5H,1H2,(H,13,14)(H,10,11,12);/q;+1/p-1. The molecule has 0 bridgehead atoms. The summed E-state index contributed by atoms with van der Waals surface area (Å²) in [7, 11) is 0. The zero-order chi connectivity index (χ0) is 10.6. The van der Waals surface area contributed by atoms with Gasteiger partial charge in [-0.25, -0.2) is 4.98 Å². The van der Waals surface area contributed by atoms with Crippen molar-refractivity contribution in [3.63, 3.8) is 0 Å². The van der Waals surface area contributed by atoms with E-state index in [1.165, 1.54) is 18.2 Å². The molecular weight excluding hydrogens is 223 g/mol. The zero-order valence-corrected chi connectivity index (χ0v) is 11.3. The number of aromatic nitrogens is 1. The fraction of sp³-hybridized carbons (Fsp3) is 0. The van der Waals surface area contributed by atoms with Gasteiger partial charge in [-0.15, -0.1) is 0 Å². The Labute approximate surface area is 129 Å². The topological polar surface area (TPSA) is 82.1 Å². The van der Waals surface area contributed by atoms with Crippen LogP contribution < -0.4 is 61.8 Å². The molecule has 0 aliphatic carbocycles. The summed E-state index contributed by atoms with van der Waals surface area (Å²) in [6.07, 6.45) is 1.06. The number of carboxylic acid groups (broad SMARTS) is 1. The molecule has 1 aromatic rings. The molecule has 1 heterocycles. The molecule has 1 amide bonds. The van der Waals surface area contributed by atoms with Crippen LogP contribution in [0.5, 0.6) is 0 Å². The molecule has 0 aromatic carbocycles. The Morgan fingerprint density at radius 3 is 2.67 bits per heavy atom. The second-order valence-corrected chi connectivity index (χ2v) is 2.39. The number of anilines is 1. The monoisotopic (exact) mass is 230 g/mol. The first-order valence-electron chi connectivity index (χ1n) is 3.75. The van der Waals surface area contributed by atoms with E-state index < -0.39 is 11.9 Å². The summed E-state index contributed by atoms with van der Waals surface area (Å²) in [5, 5.41) is 12.7. The number of rotatable bonds is 3. The number of amides is 1. The molecule has 0 fully saturated rings. The van der Waals surface area contributed by atoms with Crippen LogP contribution in [0, 0.1) is 0 Å². The molecule has 1 N–H and O–H groups in total. The van der Waals surface area contributed by atoms with Gasteiger partial charge in [0.05, 0.1) is 11.7 Å². The number of carboxylic acids is 1. The Hall–Kier alpha value is -0.534. The van der Waals surface area contributed by atoms with Gasteiger partial charge < -0.3 is 15.2 Å². The quantitative estimate of drug-likeness (QED) is 0.433. The summed E-state index contributed by atoms with van der Waals surface area (Å²) in [6.45, 7) is 3.25. The zero-order valence-electron chi connectivity index (χ0n) is 8.19. The van der Waals surface area contributed by atoms with Crippen LogP contribution in [-0.4, -0.2) is 16.9 Å². The number of pyridine rings is 1. The van der Waals surface area contributed by atoms with Crippen LogP contribution in [0.25, 0.3) is 0 Å². The smallest absolute Gasteiger partial charge is 0.543 e. The molecule has 1 aromatic heterocycles. The summed E-state index contributed by atoms with van der Waals surface area (Å²) >= 11 is 0. The molecule has 1 rings (SSSR count). The molecule has 72 valence electrons. The van der Waals surface area contributed by atoms with E-state index in [1.807, 2.05) is 0 Å². The van der Waals surface area contributed by atoms with Gasteiger partial charge in [0.2, 0.25) is 5.91 Å². The molecule has 0 aliphatic heterocycles. The minimum atomic E-state index is -1.39. The Balaban J connectivity index is 0.00000196. The third-order valence-corrected chi connectivity index (χ3v) is 1.39. The van der Waals surface area contributed by atoms with Crippen LogP contribution in [0.2, 0.25) is 0 Å². The molecule has 0 unspecified atom stereocenters. The van der Waals surface area contributed by atoms with Crippen LogP contribution in [0.15, 0.2) is 30.9 Å². The van der Waals surface area contributed by atoms with Gasteiger partial charge in [0.25, 0.3) is 0 Å². The second-order valence-electron chi connectivity index (χ2n) is 2.39. The van der Waals surface area contributed by atoms with Gasteiger partial charge in [-0.2, -0.15) is 0 Å². The van der Waals surface area contributed by atoms with E-state index in [-0.39, 0.29) is 62.9 Å². The number of hydrogen-bond donors (Lipinski definition) is 1. The van der Waals surface area contributed by atoms with Crippen molar-refractivity contribution in [2.45, 2.75) is 0 Å². The molecule has 6 heteroatoms. The molecule has 0 radical (unpaired) electrons. The van der Waals surface area contributed by atoms with Gasteiger partial charge in [-0.3, -0.25) is 4.79 Å². The van der Waals surface area contributed by atoms with E-state index in [9.17, 15) is 14.7 Å². The van der Waals surface area contributed by atoms with Gasteiger partial charge in [-0.05, 0) is 18.2 Å². The van der Waals surface area contributed by atoms with Gasteiger partial charge in [0.1, 0.15) is 5.82 Å². The minimum Gasteiger partial charge on any atom is -0.543 e. The molecular formula is C9H7KN2O3. The van der Waals surface area contributed by atoms with Crippen LogP contribution in [-0.2, 0) is 4.79 Å². The van der Waals surface area contributed by atoms with Crippen LogP contribution in [0.4, 0.5) is 5.82 Å². The Morgan fingerprint density at radius 2 is 2.13 bits per heavy atom. The van der Waals surface area contributed by atoms with Crippen molar-refractivity contribution in [2.75, 3.05) is 5.32 Å². The van der Waals surface area contributed by atoms with Gasteiger partial charge in [0, 0.05) is 0 Å². The summed E-state index contributed by atoms with van der Waals surface area (Å²) in [4.78, 5) is 24.9. The van der Waals surface area contributed by atoms with E-state index in [0.717, 1.165) is 6.08 Å². The Bertz CT molecular complexity index is 393. The van der Waals surface area contributed by atoms with Crippen LogP contribution in [0.1, 0.15) is 10.5 Å². The fourth-order valence-electron chi connectivity index (χ4n) is 0.795. The first-order valence-corrected chi connectivity index (χ1v) is 3.75. The number of hydrogen-bond acceptors (Lipinski definition) is 4. The van der Waals surface area contributed by atoms with E-state index in [2.05, 4.69) is 16.9 Å². The third-order valence-electron chi connectivity index (χ3n) is 1.39. The Kier molecular flexibility index (Phi) is 6.62.